The van der Waals surface area contributed by atoms with Crippen LogP contribution in [0.4, 0.5) is 10.5 Å². The molecule has 7 heteroatoms. The molecule has 2 amide bonds. The maximum Gasteiger partial charge on any atom is 0.326 e. The molecule has 0 spiro atoms. The van der Waals surface area contributed by atoms with Gasteiger partial charge in [-0.2, -0.15) is 0 Å². The number of hydrogen-bond acceptors (Lipinski definition) is 4. The van der Waals surface area contributed by atoms with Gasteiger partial charge in [0.2, 0.25) is 0 Å². The monoisotopic (exact) mass is 296 g/mol. The van der Waals surface area contributed by atoms with E-state index >= 15 is 0 Å². The number of aliphatic hydroxyl groups is 1. The summed E-state index contributed by atoms with van der Waals surface area (Å²) in [7, 11) is 0. The van der Waals surface area contributed by atoms with Gasteiger partial charge >= 0.3 is 12.0 Å². The van der Waals surface area contributed by atoms with Crippen LogP contribution in [-0.4, -0.2) is 52.1 Å². The fourth-order valence-electron chi connectivity index (χ4n) is 2.17. The SMILES string of the molecule is CSc1cccc(NC(=O)N2CC(O)C[C@H]2C(=O)O)c1. The van der Waals surface area contributed by atoms with Crippen molar-refractivity contribution in [1.29, 1.82) is 0 Å². The van der Waals surface area contributed by atoms with Gasteiger partial charge in [0.05, 0.1) is 6.10 Å². The molecule has 2 atom stereocenters. The number of likely N-dealkylation sites (tertiary alicyclic amines) is 1. The Hall–Kier alpha value is -1.73. The highest BCUT2D eigenvalue weighted by molar-refractivity contribution is 7.98. The number of benzene rings is 1. The minimum absolute atomic E-state index is 0.0328. The van der Waals surface area contributed by atoms with E-state index in [1.54, 1.807) is 17.8 Å². The van der Waals surface area contributed by atoms with E-state index in [2.05, 4.69) is 5.32 Å². The second kappa shape index (κ2) is 6.15. The molecule has 1 aromatic rings. The van der Waals surface area contributed by atoms with Crippen molar-refractivity contribution in [3.8, 4) is 0 Å². The average molecular weight is 296 g/mol. The van der Waals surface area contributed by atoms with E-state index in [4.69, 9.17) is 5.11 Å². The van der Waals surface area contributed by atoms with E-state index in [0.29, 0.717) is 5.69 Å². The van der Waals surface area contributed by atoms with Crippen LogP contribution < -0.4 is 5.32 Å². The largest absolute Gasteiger partial charge is 0.480 e. The highest BCUT2D eigenvalue weighted by Gasteiger charge is 2.38. The Balaban J connectivity index is 2.09. The molecule has 3 N–H and O–H groups in total. The molecule has 1 fully saturated rings. The van der Waals surface area contributed by atoms with Crippen LogP contribution in [0, 0.1) is 0 Å². The van der Waals surface area contributed by atoms with Gasteiger partial charge in [0.15, 0.2) is 0 Å². The summed E-state index contributed by atoms with van der Waals surface area (Å²) >= 11 is 1.55. The Morgan fingerprint density at radius 3 is 2.85 bits per heavy atom. The number of carboxylic acid groups (broad SMARTS) is 1. The van der Waals surface area contributed by atoms with Crippen molar-refractivity contribution >= 4 is 29.4 Å². The van der Waals surface area contributed by atoms with Crippen molar-refractivity contribution in [1.82, 2.24) is 4.90 Å². The van der Waals surface area contributed by atoms with Gasteiger partial charge in [0.25, 0.3) is 0 Å². The third-order valence-electron chi connectivity index (χ3n) is 3.15. The lowest BCUT2D eigenvalue weighted by molar-refractivity contribution is -0.141. The number of carboxylic acids is 1. The lowest BCUT2D eigenvalue weighted by atomic mass is 10.2. The quantitative estimate of drug-likeness (QED) is 0.735. The first kappa shape index (κ1) is 14.7. The summed E-state index contributed by atoms with van der Waals surface area (Å²) in [6.45, 7) is 0.0328. The van der Waals surface area contributed by atoms with Gasteiger partial charge in [0.1, 0.15) is 6.04 Å². The zero-order valence-electron chi connectivity index (χ0n) is 10.9. The molecule has 1 heterocycles. The molecule has 0 aromatic heterocycles. The van der Waals surface area contributed by atoms with Gasteiger partial charge < -0.3 is 20.4 Å². The van der Waals surface area contributed by atoms with Crippen LogP contribution in [-0.2, 0) is 4.79 Å². The van der Waals surface area contributed by atoms with Gasteiger partial charge in [-0.3, -0.25) is 0 Å². The van der Waals surface area contributed by atoms with Crippen molar-refractivity contribution in [2.24, 2.45) is 0 Å². The standard InChI is InChI=1S/C13H16N2O4S/c1-20-10-4-2-3-8(5-10)14-13(19)15-7-9(16)6-11(15)12(17)18/h2-5,9,11,16H,6-7H2,1H3,(H,14,19)(H,17,18)/t9?,11-/m0/s1. The second-order valence-corrected chi connectivity index (χ2v) is 5.44. The van der Waals surface area contributed by atoms with E-state index in [1.807, 2.05) is 24.5 Å². The van der Waals surface area contributed by atoms with Crippen molar-refractivity contribution < 1.29 is 19.8 Å². The smallest absolute Gasteiger partial charge is 0.326 e. The number of urea groups is 1. The summed E-state index contributed by atoms with van der Waals surface area (Å²) in [5.41, 5.74) is 0.604. The normalized spacial score (nSPS) is 21.8. The molecule has 1 unspecified atom stereocenters. The number of rotatable bonds is 3. The highest BCUT2D eigenvalue weighted by atomic mass is 32.2. The lowest BCUT2D eigenvalue weighted by Crippen LogP contribution is -2.43. The Kier molecular flexibility index (Phi) is 4.51. The number of amides is 2. The van der Waals surface area contributed by atoms with Crippen molar-refractivity contribution in [3.63, 3.8) is 0 Å². The van der Waals surface area contributed by atoms with E-state index in [1.165, 1.54) is 0 Å². The molecule has 0 aliphatic carbocycles. The number of aliphatic hydroxyl groups excluding tert-OH is 1. The fourth-order valence-corrected chi connectivity index (χ4v) is 2.63. The minimum Gasteiger partial charge on any atom is -0.480 e. The van der Waals surface area contributed by atoms with Crippen LogP contribution in [0.5, 0.6) is 0 Å². The summed E-state index contributed by atoms with van der Waals surface area (Å²) in [6, 6.07) is 5.79. The Morgan fingerprint density at radius 1 is 1.45 bits per heavy atom. The molecule has 1 saturated heterocycles. The summed E-state index contributed by atoms with van der Waals surface area (Å²) in [5.74, 6) is -1.10. The third-order valence-corrected chi connectivity index (χ3v) is 3.87. The van der Waals surface area contributed by atoms with Gasteiger partial charge in [0, 0.05) is 23.5 Å². The Labute approximate surface area is 120 Å². The number of nitrogens with zero attached hydrogens (tertiary/aromatic N) is 1. The number of hydrogen-bond donors (Lipinski definition) is 3. The zero-order chi connectivity index (χ0) is 14.7. The van der Waals surface area contributed by atoms with Gasteiger partial charge in [-0.05, 0) is 24.5 Å². The predicted molar refractivity (Wildman–Crippen MR) is 76.0 cm³/mol. The molecule has 0 bridgehead atoms. The molecule has 1 aliphatic heterocycles. The number of thioether (sulfide) groups is 1. The number of β-amino-alcohol motifs (C(OH)–C–C–N with tert-alkyl or cyclic N) is 1. The van der Waals surface area contributed by atoms with Crippen molar-refractivity contribution in [2.45, 2.75) is 23.5 Å². The molecule has 2 rings (SSSR count). The van der Waals surface area contributed by atoms with Crippen LogP contribution in [0.15, 0.2) is 29.2 Å². The predicted octanol–water partition coefficient (Wildman–Crippen LogP) is 1.46. The van der Waals surface area contributed by atoms with E-state index in [-0.39, 0.29) is 13.0 Å². The van der Waals surface area contributed by atoms with Crippen LogP contribution in [0.1, 0.15) is 6.42 Å². The first-order valence-electron chi connectivity index (χ1n) is 6.14. The van der Waals surface area contributed by atoms with E-state index < -0.39 is 24.1 Å². The number of carbonyl (C=O) groups is 2. The Bertz CT molecular complexity index is 523. The van der Waals surface area contributed by atoms with Gasteiger partial charge in [-0.1, -0.05) is 6.07 Å². The molecule has 108 valence electrons. The zero-order valence-corrected chi connectivity index (χ0v) is 11.8. The maximum atomic E-state index is 12.1. The van der Waals surface area contributed by atoms with E-state index in [9.17, 15) is 14.7 Å². The second-order valence-electron chi connectivity index (χ2n) is 4.56. The van der Waals surface area contributed by atoms with Gasteiger partial charge in [-0.15, -0.1) is 11.8 Å². The Morgan fingerprint density at radius 2 is 2.20 bits per heavy atom. The number of carbonyl (C=O) groups excluding carboxylic acids is 1. The van der Waals surface area contributed by atoms with Crippen molar-refractivity contribution in [3.05, 3.63) is 24.3 Å². The molecule has 6 nitrogen and oxygen atoms in total. The van der Waals surface area contributed by atoms with Gasteiger partial charge in [-0.25, -0.2) is 9.59 Å². The summed E-state index contributed by atoms with van der Waals surface area (Å²) in [6.07, 6.45) is 1.20. The minimum atomic E-state index is -1.10. The molecular weight excluding hydrogens is 280 g/mol. The van der Waals surface area contributed by atoms with Crippen LogP contribution in [0.2, 0.25) is 0 Å². The molecule has 0 radical (unpaired) electrons. The van der Waals surface area contributed by atoms with Crippen LogP contribution >= 0.6 is 11.8 Å². The molecule has 20 heavy (non-hydrogen) atoms. The number of anilines is 1. The molecular formula is C13H16N2O4S. The average Bonchev–Trinajstić information content (AvgIpc) is 2.81. The molecule has 0 saturated carbocycles. The fraction of sp³-hybridized carbons (Fsp3) is 0.385. The van der Waals surface area contributed by atoms with Crippen LogP contribution in [0.25, 0.3) is 0 Å². The summed E-state index contributed by atoms with van der Waals surface area (Å²) in [5, 5.41) is 21.3. The summed E-state index contributed by atoms with van der Waals surface area (Å²) in [4.78, 5) is 25.3. The number of aliphatic carboxylic acids is 1. The third kappa shape index (κ3) is 3.23. The molecule has 1 aromatic carbocycles. The number of nitrogens with one attached hydrogen (secondary N) is 1. The molecule has 1 aliphatic rings. The first-order chi connectivity index (χ1) is 9.51. The lowest BCUT2D eigenvalue weighted by Gasteiger charge is -2.21. The first-order valence-corrected chi connectivity index (χ1v) is 7.36. The maximum absolute atomic E-state index is 12.1. The van der Waals surface area contributed by atoms with Crippen LogP contribution in [0.3, 0.4) is 0 Å². The van der Waals surface area contributed by atoms with Crippen molar-refractivity contribution in [2.75, 3.05) is 18.1 Å². The van der Waals surface area contributed by atoms with E-state index in [0.717, 1.165) is 9.80 Å². The highest BCUT2D eigenvalue weighted by Crippen LogP contribution is 2.22. The summed E-state index contributed by atoms with van der Waals surface area (Å²) < 4.78 is 0. The topological polar surface area (TPSA) is 89.9 Å².